The molecule has 4 nitrogen and oxygen atoms in total. The average molecular weight is 274 g/mol. The van der Waals surface area contributed by atoms with Crippen LogP contribution in [0.5, 0.6) is 0 Å². The molecule has 104 valence electrons. The Morgan fingerprint density at radius 1 is 1.30 bits per heavy atom. The normalized spacial score (nSPS) is 10.4. The maximum atomic E-state index is 13.4. The molecule has 2 aromatic rings. The summed E-state index contributed by atoms with van der Waals surface area (Å²) in [4.78, 5) is 20.0. The molecule has 0 unspecified atom stereocenters. The molecule has 1 heterocycles. The lowest BCUT2D eigenvalue weighted by molar-refractivity contribution is 0.0524. The van der Waals surface area contributed by atoms with Crippen LogP contribution in [0.15, 0.2) is 24.4 Å². The summed E-state index contributed by atoms with van der Waals surface area (Å²) in [5.74, 6) is -0.402. The molecular formula is C15H15FN2O2. The number of esters is 1. The predicted octanol–water partition coefficient (Wildman–Crippen LogP) is 3.08. The number of aryl methyl sites for hydroxylation is 2. The molecule has 0 aliphatic rings. The van der Waals surface area contributed by atoms with E-state index in [9.17, 15) is 9.18 Å². The standard InChI is InChI=1S/C15H15FN2O2/c1-4-20-15(19)13-8-17-14(18-10(13)3)11-5-9(2)6-12(16)7-11/h5-8H,4H2,1-3H3. The van der Waals surface area contributed by atoms with Gasteiger partial charge in [-0.25, -0.2) is 19.2 Å². The van der Waals surface area contributed by atoms with Gasteiger partial charge in [0.2, 0.25) is 0 Å². The molecule has 0 amide bonds. The van der Waals surface area contributed by atoms with E-state index in [1.807, 2.05) is 0 Å². The molecule has 0 aliphatic heterocycles. The van der Waals surface area contributed by atoms with Crippen molar-refractivity contribution in [3.63, 3.8) is 0 Å². The minimum absolute atomic E-state index is 0.295. The number of carbonyl (C=O) groups excluding carboxylic acids is 1. The summed E-state index contributed by atoms with van der Waals surface area (Å²) in [6.45, 7) is 5.52. The molecule has 1 aromatic heterocycles. The zero-order valence-corrected chi connectivity index (χ0v) is 11.6. The third kappa shape index (κ3) is 2.99. The highest BCUT2D eigenvalue weighted by Gasteiger charge is 2.13. The minimum atomic E-state index is -0.452. The van der Waals surface area contributed by atoms with Crippen molar-refractivity contribution in [1.29, 1.82) is 0 Å². The smallest absolute Gasteiger partial charge is 0.341 e. The number of nitrogens with zero attached hydrogens (tertiary/aromatic N) is 2. The molecule has 0 fully saturated rings. The van der Waals surface area contributed by atoms with Crippen LogP contribution in [0.3, 0.4) is 0 Å². The second-order valence-corrected chi connectivity index (χ2v) is 4.43. The Morgan fingerprint density at radius 3 is 2.65 bits per heavy atom. The van der Waals surface area contributed by atoms with Gasteiger partial charge >= 0.3 is 5.97 Å². The van der Waals surface area contributed by atoms with Gasteiger partial charge in [-0.15, -0.1) is 0 Å². The van der Waals surface area contributed by atoms with E-state index in [1.165, 1.54) is 18.3 Å². The summed E-state index contributed by atoms with van der Waals surface area (Å²) in [6.07, 6.45) is 1.41. The van der Waals surface area contributed by atoms with E-state index >= 15 is 0 Å². The highest BCUT2D eigenvalue weighted by Crippen LogP contribution is 2.19. The second kappa shape index (κ2) is 5.77. The number of aromatic nitrogens is 2. The Labute approximate surface area is 116 Å². The largest absolute Gasteiger partial charge is 0.462 e. The van der Waals surface area contributed by atoms with Crippen LogP contribution in [-0.2, 0) is 4.74 Å². The first-order valence-electron chi connectivity index (χ1n) is 6.29. The Balaban J connectivity index is 2.40. The van der Waals surface area contributed by atoms with Gasteiger partial charge in [-0.05, 0) is 44.5 Å². The third-order valence-electron chi connectivity index (χ3n) is 2.77. The van der Waals surface area contributed by atoms with E-state index in [-0.39, 0.29) is 5.82 Å². The topological polar surface area (TPSA) is 52.1 Å². The molecule has 2 rings (SSSR count). The number of carbonyl (C=O) groups is 1. The number of hydrogen-bond donors (Lipinski definition) is 0. The van der Waals surface area contributed by atoms with Gasteiger partial charge in [-0.1, -0.05) is 0 Å². The number of halogens is 1. The Bertz CT molecular complexity index is 636. The average Bonchev–Trinajstić information content (AvgIpc) is 2.37. The van der Waals surface area contributed by atoms with E-state index < -0.39 is 5.97 Å². The Kier molecular flexibility index (Phi) is 4.08. The van der Waals surface area contributed by atoms with Crippen molar-refractivity contribution >= 4 is 5.97 Å². The maximum Gasteiger partial charge on any atom is 0.341 e. The maximum absolute atomic E-state index is 13.4. The van der Waals surface area contributed by atoms with E-state index in [0.717, 1.165) is 5.56 Å². The SMILES string of the molecule is CCOC(=O)c1cnc(-c2cc(C)cc(F)c2)nc1C. The van der Waals surface area contributed by atoms with Gasteiger partial charge in [0.05, 0.1) is 17.9 Å². The molecule has 0 radical (unpaired) electrons. The molecule has 1 aromatic carbocycles. The quantitative estimate of drug-likeness (QED) is 0.807. The Hall–Kier alpha value is -2.30. The first-order chi connectivity index (χ1) is 9.51. The first-order valence-corrected chi connectivity index (χ1v) is 6.29. The summed E-state index contributed by atoms with van der Waals surface area (Å²) < 4.78 is 18.3. The first kappa shape index (κ1) is 14.1. The number of benzene rings is 1. The van der Waals surface area contributed by atoms with Crippen molar-refractivity contribution in [3.8, 4) is 11.4 Å². The van der Waals surface area contributed by atoms with Crippen LogP contribution >= 0.6 is 0 Å². The molecule has 0 N–H and O–H groups in total. The molecule has 0 spiro atoms. The highest BCUT2D eigenvalue weighted by atomic mass is 19.1. The summed E-state index contributed by atoms with van der Waals surface area (Å²) in [5, 5.41) is 0. The van der Waals surface area contributed by atoms with Crippen LogP contribution in [0.4, 0.5) is 4.39 Å². The Morgan fingerprint density at radius 2 is 2.05 bits per heavy atom. The van der Waals surface area contributed by atoms with Gasteiger partial charge in [-0.2, -0.15) is 0 Å². The number of ether oxygens (including phenoxy) is 1. The second-order valence-electron chi connectivity index (χ2n) is 4.43. The molecular weight excluding hydrogens is 259 g/mol. The molecule has 0 saturated heterocycles. The monoisotopic (exact) mass is 274 g/mol. The van der Waals surface area contributed by atoms with Crippen LogP contribution in [0.1, 0.15) is 28.5 Å². The third-order valence-corrected chi connectivity index (χ3v) is 2.77. The zero-order chi connectivity index (χ0) is 14.7. The minimum Gasteiger partial charge on any atom is -0.462 e. The van der Waals surface area contributed by atoms with Crippen LogP contribution in [0, 0.1) is 19.7 Å². The molecule has 20 heavy (non-hydrogen) atoms. The van der Waals surface area contributed by atoms with Crippen LogP contribution < -0.4 is 0 Å². The van der Waals surface area contributed by atoms with Crippen LogP contribution in [0.25, 0.3) is 11.4 Å². The van der Waals surface area contributed by atoms with E-state index in [2.05, 4.69) is 9.97 Å². The molecule has 0 bridgehead atoms. The lowest BCUT2D eigenvalue weighted by Crippen LogP contribution is -2.09. The fourth-order valence-corrected chi connectivity index (χ4v) is 1.88. The highest BCUT2D eigenvalue weighted by molar-refractivity contribution is 5.90. The van der Waals surface area contributed by atoms with Gasteiger partial charge < -0.3 is 4.74 Å². The van der Waals surface area contributed by atoms with E-state index in [1.54, 1.807) is 26.8 Å². The molecule has 0 saturated carbocycles. The van der Waals surface area contributed by atoms with Crippen molar-refractivity contribution in [2.24, 2.45) is 0 Å². The van der Waals surface area contributed by atoms with Crippen molar-refractivity contribution in [2.45, 2.75) is 20.8 Å². The van der Waals surface area contributed by atoms with Crippen molar-refractivity contribution in [2.75, 3.05) is 6.61 Å². The zero-order valence-electron chi connectivity index (χ0n) is 11.6. The number of rotatable bonds is 3. The lowest BCUT2D eigenvalue weighted by Gasteiger charge is -2.07. The summed E-state index contributed by atoms with van der Waals surface area (Å²) >= 11 is 0. The fraction of sp³-hybridized carbons (Fsp3) is 0.267. The van der Waals surface area contributed by atoms with E-state index in [0.29, 0.717) is 29.3 Å². The molecule has 5 heteroatoms. The van der Waals surface area contributed by atoms with Crippen LogP contribution in [0.2, 0.25) is 0 Å². The van der Waals surface area contributed by atoms with Crippen molar-refractivity contribution < 1.29 is 13.9 Å². The predicted molar refractivity (Wildman–Crippen MR) is 72.9 cm³/mol. The van der Waals surface area contributed by atoms with Crippen molar-refractivity contribution in [1.82, 2.24) is 9.97 Å². The van der Waals surface area contributed by atoms with Gasteiger partial charge in [0.25, 0.3) is 0 Å². The van der Waals surface area contributed by atoms with Crippen molar-refractivity contribution in [3.05, 3.63) is 47.0 Å². The summed E-state index contributed by atoms with van der Waals surface area (Å²) in [7, 11) is 0. The van der Waals surface area contributed by atoms with Crippen LogP contribution in [-0.4, -0.2) is 22.5 Å². The van der Waals surface area contributed by atoms with Gasteiger partial charge in [0.15, 0.2) is 5.82 Å². The van der Waals surface area contributed by atoms with Gasteiger partial charge in [0, 0.05) is 11.8 Å². The van der Waals surface area contributed by atoms with Gasteiger partial charge in [0.1, 0.15) is 5.82 Å². The van der Waals surface area contributed by atoms with E-state index in [4.69, 9.17) is 4.74 Å². The molecule has 0 atom stereocenters. The molecule has 0 aliphatic carbocycles. The number of hydrogen-bond acceptors (Lipinski definition) is 4. The lowest BCUT2D eigenvalue weighted by atomic mass is 10.1. The van der Waals surface area contributed by atoms with Gasteiger partial charge in [-0.3, -0.25) is 0 Å². The fourth-order valence-electron chi connectivity index (χ4n) is 1.88. The summed E-state index contributed by atoms with van der Waals surface area (Å²) in [5.41, 5.74) is 2.20. The summed E-state index contributed by atoms with van der Waals surface area (Å²) in [6, 6.07) is 4.59.